The molecular weight excluding hydrogens is 248 g/mol. The first-order valence-corrected chi connectivity index (χ1v) is 5.91. The number of hydrogen-bond donors (Lipinski definition) is 2. The molecular formula is C14H13ClN2O. The van der Waals surface area contributed by atoms with E-state index in [0.717, 1.165) is 11.3 Å². The Balaban J connectivity index is 1.96. The molecule has 0 aromatic heterocycles. The average molecular weight is 261 g/mol. The number of rotatable bonds is 3. The molecule has 3 N–H and O–H groups in total. The van der Waals surface area contributed by atoms with E-state index in [2.05, 4.69) is 5.32 Å². The molecule has 1 amide bonds. The highest BCUT2D eigenvalue weighted by Gasteiger charge is 2.03. The van der Waals surface area contributed by atoms with Crippen molar-refractivity contribution in [3.05, 3.63) is 59.1 Å². The Labute approximate surface area is 111 Å². The number of anilines is 2. The first-order chi connectivity index (χ1) is 8.63. The third kappa shape index (κ3) is 3.50. The molecule has 0 radical (unpaired) electrons. The van der Waals surface area contributed by atoms with Gasteiger partial charge in [0, 0.05) is 16.4 Å². The summed E-state index contributed by atoms with van der Waals surface area (Å²) in [7, 11) is 0. The smallest absolute Gasteiger partial charge is 0.228 e. The van der Waals surface area contributed by atoms with Crippen LogP contribution in [0.2, 0.25) is 5.02 Å². The van der Waals surface area contributed by atoms with E-state index in [1.165, 1.54) is 0 Å². The van der Waals surface area contributed by atoms with E-state index in [1.54, 1.807) is 36.4 Å². The number of benzene rings is 2. The summed E-state index contributed by atoms with van der Waals surface area (Å²) in [5, 5.41) is 3.47. The number of nitrogens with one attached hydrogen (secondary N) is 1. The SMILES string of the molecule is Nc1ccc(NC(=O)Cc2ccc(Cl)cc2)cc1. The van der Waals surface area contributed by atoms with Crippen LogP contribution in [-0.2, 0) is 11.2 Å². The summed E-state index contributed by atoms with van der Waals surface area (Å²) in [5.74, 6) is -0.0675. The predicted octanol–water partition coefficient (Wildman–Crippen LogP) is 3.10. The van der Waals surface area contributed by atoms with E-state index < -0.39 is 0 Å². The fraction of sp³-hybridized carbons (Fsp3) is 0.0714. The Hall–Kier alpha value is -2.00. The minimum absolute atomic E-state index is 0.0675. The van der Waals surface area contributed by atoms with Crippen molar-refractivity contribution in [1.29, 1.82) is 0 Å². The van der Waals surface area contributed by atoms with Crippen molar-refractivity contribution in [3.8, 4) is 0 Å². The van der Waals surface area contributed by atoms with Gasteiger partial charge in [0.05, 0.1) is 6.42 Å². The molecule has 0 heterocycles. The standard InChI is InChI=1S/C14H13ClN2O/c15-11-3-1-10(2-4-11)9-14(18)17-13-7-5-12(16)6-8-13/h1-8H,9,16H2,(H,17,18). The lowest BCUT2D eigenvalue weighted by molar-refractivity contribution is -0.115. The third-order valence-corrected chi connectivity index (χ3v) is 2.72. The van der Waals surface area contributed by atoms with Gasteiger partial charge in [-0.25, -0.2) is 0 Å². The predicted molar refractivity (Wildman–Crippen MR) is 74.6 cm³/mol. The molecule has 0 aliphatic carbocycles. The first kappa shape index (κ1) is 12.5. The van der Waals surface area contributed by atoms with Crippen LogP contribution in [0, 0.1) is 0 Å². The molecule has 0 spiro atoms. The summed E-state index contributed by atoms with van der Waals surface area (Å²) in [5.41, 5.74) is 7.90. The van der Waals surface area contributed by atoms with Crippen LogP contribution >= 0.6 is 11.6 Å². The van der Waals surface area contributed by atoms with Gasteiger partial charge in [0.15, 0.2) is 0 Å². The first-order valence-electron chi connectivity index (χ1n) is 5.53. The number of nitrogens with two attached hydrogens (primary N) is 1. The van der Waals surface area contributed by atoms with Gasteiger partial charge >= 0.3 is 0 Å². The van der Waals surface area contributed by atoms with Crippen LogP contribution in [0.1, 0.15) is 5.56 Å². The number of amides is 1. The largest absolute Gasteiger partial charge is 0.399 e. The second kappa shape index (κ2) is 5.56. The Morgan fingerprint density at radius 2 is 1.67 bits per heavy atom. The van der Waals surface area contributed by atoms with Gasteiger partial charge < -0.3 is 11.1 Å². The zero-order valence-electron chi connectivity index (χ0n) is 9.69. The Morgan fingerprint density at radius 1 is 1.06 bits per heavy atom. The number of halogens is 1. The van der Waals surface area contributed by atoms with Crippen LogP contribution in [-0.4, -0.2) is 5.91 Å². The summed E-state index contributed by atoms with van der Waals surface area (Å²) in [6.45, 7) is 0. The number of nitrogen functional groups attached to an aromatic ring is 1. The van der Waals surface area contributed by atoms with Crippen LogP contribution in [0.5, 0.6) is 0 Å². The lowest BCUT2D eigenvalue weighted by Gasteiger charge is -2.05. The minimum Gasteiger partial charge on any atom is -0.399 e. The number of hydrogen-bond acceptors (Lipinski definition) is 2. The molecule has 0 aliphatic rings. The monoisotopic (exact) mass is 260 g/mol. The third-order valence-electron chi connectivity index (χ3n) is 2.47. The quantitative estimate of drug-likeness (QED) is 0.833. The molecule has 92 valence electrons. The van der Waals surface area contributed by atoms with E-state index in [0.29, 0.717) is 17.1 Å². The van der Waals surface area contributed by atoms with Crippen molar-refractivity contribution >= 4 is 28.9 Å². The normalized spacial score (nSPS) is 10.1. The molecule has 0 saturated carbocycles. The van der Waals surface area contributed by atoms with E-state index in [4.69, 9.17) is 17.3 Å². The molecule has 0 unspecified atom stereocenters. The zero-order valence-corrected chi connectivity index (χ0v) is 10.4. The van der Waals surface area contributed by atoms with Crippen molar-refractivity contribution in [2.24, 2.45) is 0 Å². The molecule has 18 heavy (non-hydrogen) atoms. The number of carbonyl (C=O) groups excluding carboxylic acids is 1. The summed E-state index contributed by atoms with van der Waals surface area (Å²) < 4.78 is 0. The maximum atomic E-state index is 11.8. The molecule has 0 atom stereocenters. The van der Waals surface area contributed by atoms with Gasteiger partial charge in [-0.3, -0.25) is 4.79 Å². The van der Waals surface area contributed by atoms with Gasteiger partial charge in [-0.2, -0.15) is 0 Å². The summed E-state index contributed by atoms with van der Waals surface area (Å²) >= 11 is 5.78. The van der Waals surface area contributed by atoms with Crippen molar-refractivity contribution in [1.82, 2.24) is 0 Å². The van der Waals surface area contributed by atoms with E-state index in [1.807, 2.05) is 12.1 Å². The van der Waals surface area contributed by atoms with Crippen LogP contribution in [0.3, 0.4) is 0 Å². The van der Waals surface area contributed by atoms with Crippen molar-refractivity contribution in [2.75, 3.05) is 11.1 Å². The number of carbonyl (C=O) groups is 1. The van der Waals surface area contributed by atoms with Crippen molar-refractivity contribution in [3.63, 3.8) is 0 Å². The Morgan fingerprint density at radius 3 is 2.28 bits per heavy atom. The molecule has 0 bridgehead atoms. The van der Waals surface area contributed by atoms with Crippen molar-refractivity contribution in [2.45, 2.75) is 6.42 Å². The van der Waals surface area contributed by atoms with Crippen LogP contribution < -0.4 is 11.1 Å². The molecule has 0 fully saturated rings. The van der Waals surface area contributed by atoms with Crippen molar-refractivity contribution < 1.29 is 4.79 Å². The highest BCUT2D eigenvalue weighted by molar-refractivity contribution is 6.30. The van der Waals surface area contributed by atoms with Gasteiger partial charge in [0.2, 0.25) is 5.91 Å². The fourth-order valence-corrected chi connectivity index (χ4v) is 1.69. The molecule has 0 aliphatic heterocycles. The average Bonchev–Trinajstić information content (AvgIpc) is 2.35. The van der Waals surface area contributed by atoms with Gasteiger partial charge in [0.25, 0.3) is 0 Å². The zero-order chi connectivity index (χ0) is 13.0. The highest BCUT2D eigenvalue weighted by Crippen LogP contribution is 2.13. The van der Waals surface area contributed by atoms with Gasteiger partial charge in [-0.05, 0) is 42.0 Å². The maximum Gasteiger partial charge on any atom is 0.228 e. The van der Waals surface area contributed by atoms with E-state index in [9.17, 15) is 4.79 Å². The van der Waals surface area contributed by atoms with Crippen LogP contribution in [0.4, 0.5) is 11.4 Å². The van der Waals surface area contributed by atoms with E-state index in [-0.39, 0.29) is 5.91 Å². The summed E-state index contributed by atoms with van der Waals surface area (Å²) in [4.78, 5) is 11.8. The topological polar surface area (TPSA) is 55.1 Å². The van der Waals surface area contributed by atoms with Gasteiger partial charge in [-0.1, -0.05) is 23.7 Å². The molecule has 3 nitrogen and oxygen atoms in total. The molecule has 2 aromatic carbocycles. The lowest BCUT2D eigenvalue weighted by atomic mass is 10.1. The van der Waals surface area contributed by atoms with E-state index >= 15 is 0 Å². The minimum atomic E-state index is -0.0675. The molecule has 0 saturated heterocycles. The second-order valence-electron chi connectivity index (χ2n) is 3.97. The van der Waals surface area contributed by atoms with Crippen LogP contribution in [0.15, 0.2) is 48.5 Å². The molecule has 2 aromatic rings. The van der Waals surface area contributed by atoms with Crippen LogP contribution in [0.25, 0.3) is 0 Å². The fourth-order valence-electron chi connectivity index (χ4n) is 1.56. The summed E-state index contributed by atoms with van der Waals surface area (Å²) in [6, 6.07) is 14.3. The Kier molecular flexibility index (Phi) is 3.85. The van der Waals surface area contributed by atoms with Gasteiger partial charge in [-0.15, -0.1) is 0 Å². The molecule has 4 heteroatoms. The Bertz CT molecular complexity index is 485. The lowest BCUT2D eigenvalue weighted by Crippen LogP contribution is -2.14. The second-order valence-corrected chi connectivity index (χ2v) is 4.41. The molecule has 2 rings (SSSR count). The van der Waals surface area contributed by atoms with Gasteiger partial charge in [0.1, 0.15) is 0 Å². The highest BCUT2D eigenvalue weighted by atomic mass is 35.5. The maximum absolute atomic E-state index is 11.8. The summed E-state index contributed by atoms with van der Waals surface area (Å²) in [6.07, 6.45) is 0.321.